The summed E-state index contributed by atoms with van der Waals surface area (Å²) in [7, 11) is 0. The zero-order valence-electron chi connectivity index (χ0n) is 17.6. The van der Waals surface area contributed by atoms with E-state index in [2.05, 4.69) is 28.9 Å². The molecule has 1 atom stereocenters. The fraction of sp³-hybridized carbons (Fsp3) is 0.478. The van der Waals surface area contributed by atoms with E-state index in [-0.39, 0.29) is 17.1 Å². The molecule has 0 radical (unpaired) electrons. The van der Waals surface area contributed by atoms with Crippen molar-refractivity contribution in [2.24, 2.45) is 16.9 Å². The molecular weight excluding hydrogens is 360 g/mol. The van der Waals surface area contributed by atoms with Crippen molar-refractivity contribution < 1.29 is 0 Å². The van der Waals surface area contributed by atoms with Gasteiger partial charge in [-0.3, -0.25) is 10.8 Å². The SMILES string of the molecule is CC1(C(=N)N)C=CC(CNCCCCCCNCc2ccc(C(=N)N)cc2)=CC1. The minimum absolute atomic E-state index is 0.113. The predicted octanol–water partition coefficient (Wildman–Crippen LogP) is 3.04. The third kappa shape index (κ3) is 7.83. The van der Waals surface area contributed by atoms with E-state index >= 15 is 0 Å². The number of amidine groups is 2. The van der Waals surface area contributed by atoms with Crippen molar-refractivity contribution in [1.29, 1.82) is 10.8 Å². The van der Waals surface area contributed by atoms with Crippen LogP contribution in [0.4, 0.5) is 0 Å². The van der Waals surface area contributed by atoms with Crippen LogP contribution < -0.4 is 22.1 Å². The number of rotatable bonds is 13. The summed E-state index contributed by atoms with van der Waals surface area (Å²) >= 11 is 0. The maximum Gasteiger partial charge on any atom is 0.122 e. The number of unbranched alkanes of at least 4 members (excludes halogenated alkanes) is 3. The van der Waals surface area contributed by atoms with E-state index in [4.69, 9.17) is 22.3 Å². The summed E-state index contributed by atoms with van der Waals surface area (Å²) < 4.78 is 0. The molecule has 0 saturated heterocycles. The number of hydrogen-bond acceptors (Lipinski definition) is 4. The van der Waals surface area contributed by atoms with Gasteiger partial charge in [0.2, 0.25) is 0 Å². The molecule has 158 valence electrons. The molecule has 1 aromatic carbocycles. The number of nitrogens with two attached hydrogens (primary N) is 2. The predicted molar refractivity (Wildman–Crippen MR) is 122 cm³/mol. The highest BCUT2D eigenvalue weighted by Crippen LogP contribution is 2.28. The average molecular weight is 397 g/mol. The molecule has 8 N–H and O–H groups in total. The maximum absolute atomic E-state index is 7.66. The quantitative estimate of drug-likeness (QED) is 0.174. The fourth-order valence-electron chi connectivity index (χ4n) is 3.22. The molecule has 0 fully saturated rings. The molecular formula is C23H36N6. The lowest BCUT2D eigenvalue weighted by molar-refractivity contribution is 0.566. The normalized spacial score (nSPS) is 18.4. The molecule has 1 aromatic rings. The van der Waals surface area contributed by atoms with Gasteiger partial charge in [0.25, 0.3) is 0 Å². The maximum atomic E-state index is 7.66. The van der Waals surface area contributed by atoms with Crippen LogP contribution in [0.3, 0.4) is 0 Å². The Balaban J connectivity index is 1.45. The van der Waals surface area contributed by atoms with Crippen molar-refractivity contribution in [3.05, 3.63) is 59.2 Å². The van der Waals surface area contributed by atoms with Crippen LogP contribution in [0, 0.1) is 16.2 Å². The van der Waals surface area contributed by atoms with E-state index in [1.54, 1.807) is 0 Å². The molecule has 6 heteroatoms. The average Bonchev–Trinajstić information content (AvgIpc) is 2.71. The van der Waals surface area contributed by atoms with Crippen molar-refractivity contribution in [2.75, 3.05) is 19.6 Å². The number of nitrogen functional groups attached to an aromatic ring is 1. The Labute approximate surface area is 174 Å². The molecule has 0 heterocycles. The van der Waals surface area contributed by atoms with Crippen LogP contribution in [0.5, 0.6) is 0 Å². The molecule has 0 aliphatic heterocycles. The highest BCUT2D eigenvalue weighted by molar-refractivity contribution is 5.94. The molecule has 0 bridgehead atoms. The summed E-state index contributed by atoms with van der Waals surface area (Å²) in [5.74, 6) is 0.347. The second-order valence-corrected chi connectivity index (χ2v) is 8.03. The molecule has 1 aliphatic carbocycles. The van der Waals surface area contributed by atoms with E-state index < -0.39 is 0 Å². The summed E-state index contributed by atoms with van der Waals surface area (Å²) in [6.45, 7) is 5.80. The Morgan fingerprint density at radius 1 is 0.966 bits per heavy atom. The van der Waals surface area contributed by atoms with Crippen LogP contribution in [-0.2, 0) is 6.54 Å². The summed E-state index contributed by atoms with van der Waals surface area (Å²) in [5, 5.41) is 22.0. The summed E-state index contributed by atoms with van der Waals surface area (Å²) in [4.78, 5) is 0. The lowest BCUT2D eigenvalue weighted by Gasteiger charge is -2.26. The molecule has 2 rings (SSSR count). The molecule has 1 aliphatic rings. The summed E-state index contributed by atoms with van der Waals surface area (Å²) in [5.41, 5.74) is 14.1. The number of benzene rings is 1. The van der Waals surface area contributed by atoms with E-state index in [0.717, 1.165) is 38.2 Å². The lowest BCUT2D eigenvalue weighted by atomic mass is 9.81. The van der Waals surface area contributed by atoms with Crippen molar-refractivity contribution >= 4 is 11.7 Å². The van der Waals surface area contributed by atoms with E-state index in [1.165, 1.54) is 36.8 Å². The van der Waals surface area contributed by atoms with Crippen LogP contribution in [0.1, 0.15) is 50.2 Å². The van der Waals surface area contributed by atoms with Crippen molar-refractivity contribution in [2.45, 2.75) is 45.6 Å². The zero-order chi connectivity index (χ0) is 21.1. The van der Waals surface area contributed by atoms with E-state index in [0.29, 0.717) is 0 Å². The first kappa shape index (κ1) is 22.8. The van der Waals surface area contributed by atoms with Crippen LogP contribution in [-0.4, -0.2) is 31.3 Å². The molecule has 0 spiro atoms. The third-order valence-electron chi connectivity index (χ3n) is 5.45. The largest absolute Gasteiger partial charge is 0.387 e. The minimum Gasteiger partial charge on any atom is -0.387 e. The van der Waals surface area contributed by atoms with Gasteiger partial charge in [-0.2, -0.15) is 0 Å². The summed E-state index contributed by atoms with van der Waals surface area (Å²) in [6.07, 6.45) is 12.0. The van der Waals surface area contributed by atoms with Crippen LogP contribution in [0.25, 0.3) is 0 Å². The van der Waals surface area contributed by atoms with E-state index in [1.807, 2.05) is 31.2 Å². The van der Waals surface area contributed by atoms with Gasteiger partial charge in [0.15, 0.2) is 0 Å². The Morgan fingerprint density at radius 2 is 1.59 bits per heavy atom. The molecule has 6 nitrogen and oxygen atoms in total. The Bertz CT molecular complexity index is 734. The Kier molecular flexibility index (Phi) is 9.09. The molecule has 0 aromatic heterocycles. The second-order valence-electron chi connectivity index (χ2n) is 8.03. The van der Waals surface area contributed by atoms with Crippen LogP contribution in [0.2, 0.25) is 0 Å². The first-order valence-corrected chi connectivity index (χ1v) is 10.5. The van der Waals surface area contributed by atoms with Crippen molar-refractivity contribution in [3.8, 4) is 0 Å². The van der Waals surface area contributed by atoms with Gasteiger partial charge in [-0.25, -0.2) is 0 Å². The zero-order valence-corrected chi connectivity index (χ0v) is 17.6. The van der Waals surface area contributed by atoms with Gasteiger partial charge in [0, 0.05) is 24.1 Å². The highest BCUT2D eigenvalue weighted by atomic mass is 14.9. The first-order valence-electron chi connectivity index (χ1n) is 10.5. The Morgan fingerprint density at radius 3 is 2.10 bits per heavy atom. The summed E-state index contributed by atoms with van der Waals surface area (Å²) in [6, 6.07) is 7.83. The molecule has 1 unspecified atom stereocenters. The van der Waals surface area contributed by atoms with Gasteiger partial charge in [0.05, 0.1) is 0 Å². The van der Waals surface area contributed by atoms with Gasteiger partial charge >= 0.3 is 0 Å². The van der Waals surface area contributed by atoms with Gasteiger partial charge < -0.3 is 22.1 Å². The standard InChI is InChI=1S/C23H36N6/c1-23(22(26)27)12-10-19(11-13-23)17-29-15-5-3-2-4-14-28-16-18-6-8-20(9-7-18)21(24)25/h6-12,28-29H,2-5,13-17H2,1H3,(H3,24,25)(H3,26,27). The van der Waals surface area contributed by atoms with E-state index in [9.17, 15) is 0 Å². The topological polar surface area (TPSA) is 124 Å². The minimum atomic E-state index is -0.310. The smallest absolute Gasteiger partial charge is 0.122 e. The molecule has 29 heavy (non-hydrogen) atoms. The first-order chi connectivity index (χ1) is 13.9. The van der Waals surface area contributed by atoms with Crippen molar-refractivity contribution in [1.82, 2.24) is 10.6 Å². The lowest BCUT2D eigenvalue weighted by Crippen LogP contribution is -2.33. The third-order valence-corrected chi connectivity index (χ3v) is 5.45. The van der Waals surface area contributed by atoms with Crippen molar-refractivity contribution in [3.63, 3.8) is 0 Å². The van der Waals surface area contributed by atoms with Gasteiger partial charge in [-0.15, -0.1) is 0 Å². The fourth-order valence-corrected chi connectivity index (χ4v) is 3.22. The van der Waals surface area contributed by atoms with Gasteiger partial charge in [-0.05, 0) is 50.4 Å². The second kappa shape index (κ2) is 11.5. The Hall–Kier alpha value is -2.44. The monoisotopic (exact) mass is 396 g/mol. The highest BCUT2D eigenvalue weighted by Gasteiger charge is 2.25. The molecule has 0 amide bonds. The van der Waals surface area contributed by atoms with Gasteiger partial charge in [-0.1, -0.05) is 55.3 Å². The van der Waals surface area contributed by atoms with Crippen LogP contribution >= 0.6 is 0 Å². The number of nitrogens with one attached hydrogen (secondary N) is 4. The molecule has 0 saturated carbocycles. The van der Waals surface area contributed by atoms with Gasteiger partial charge in [0.1, 0.15) is 11.7 Å². The number of hydrogen-bond donors (Lipinski definition) is 6. The van der Waals surface area contributed by atoms with Crippen LogP contribution in [0.15, 0.2) is 48.1 Å². The number of allylic oxidation sites excluding steroid dienone is 1.